The summed E-state index contributed by atoms with van der Waals surface area (Å²) in [5.74, 6) is 6.61. The molecule has 0 atom stereocenters. The number of rotatable bonds is 18. The van der Waals surface area contributed by atoms with Crippen LogP contribution in [0.4, 0.5) is 0 Å². The Morgan fingerprint density at radius 1 is 0.407 bits per heavy atom. The SMILES string of the molecule is CCCCCCCCCCCC#CPC#CCCCCCCCCCCC. The maximum atomic E-state index is 3.30. The molecule has 0 saturated carbocycles. The van der Waals surface area contributed by atoms with Gasteiger partial charge in [0, 0.05) is 21.4 Å². The zero-order valence-corrected chi connectivity index (χ0v) is 19.6. The van der Waals surface area contributed by atoms with Gasteiger partial charge in [-0.2, -0.15) is 0 Å². The van der Waals surface area contributed by atoms with Crippen molar-refractivity contribution in [2.45, 2.75) is 142 Å². The third-order valence-electron chi connectivity index (χ3n) is 5.11. The number of hydrogen-bond acceptors (Lipinski definition) is 0. The average Bonchev–Trinajstić information content (AvgIpc) is 2.68. The van der Waals surface area contributed by atoms with E-state index < -0.39 is 0 Å². The van der Waals surface area contributed by atoms with Gasteiger partial charge in [0.15, 0.2) is 0 Å². The molecule has 0 aromatic heterocycles. The van der Waals surface area contributed by atoms with Crippen molar-refractivity contribution >= 4 is 8.58 Å². The lowest BCUT2D eigenvalue weighted by Gasteiger charge is -2.00. The van der Waals surface area contributed by atoms with Crippen LogP contribution in [0.2, 0.25) is 0 Å². The second-order valence-corrected chi connectivity index (χ2v) is 8.64. The molecule has 0 aromatic rings. The van der Waals surface area contributed by atoms with Gasteiger partial charge in [0.1, 0.15) is 0 Å². The van der Waals surface area contributed by atoms with Gasteiger partial charge in [-0.15, -0.1) is 0 Å². The zero-order valence-electron chi connectivity index (χ0n) is 18.6. The van der Waals surface area contributed by atoms with Crippen molar-refractivity contribution in [1.82, 2.24) is 0 Å². The van der Waals surface area contributed by atoms with Crippen molar-refractivity contribution in [1.29, 1.82) is 0 Å². The Labute approximate surface area is 174 Å². The van der Waals surface area contributed by atoms with E-state index in [2.05, 4.69) is 37.0 Å². The van der Waals surface area contributed by atoms with Crippen LogP contribution < -0.4 is 0 Å². The minimum Gasteiger partial charge on any atom is -0.0979 e. The van der Waals surface area contributed by atoms with E-state index in [9.17, 15) is 0 Å². The Hall–Kier alpha value is -0.450. The summed E-state index contributed by atoms with van der Waals surface area (Å²) in [5, 5.41) is 0. The molecule has 0 rings (SSSR count). The van der Waals surface area contributed by atoms with E-state index >= 15 is 0 Å². The summed E-state index contributed by atoms with van der Waals surface area (Å²) in [6.45, 7) is 4.57. The topological polar surface area (TPSA) is 0 Å². The summed E-state index contributed by atoms with van der Waals surface area (Å²) in [4.78, 5) is 0. The summed E-state index contributed by atoms with van der Waals surface area (Å²) in [6, 6.07) is 0. The molecule has 0 saturated heterocycles. The predicted octanol–water partition coefficient (Wildman–Crippen LogP) is 9.43. The van der Waals surface area contributed by atoms with Gasteiger partial charge in [0.25, 0.3) is 0 Å². The first-order valence-corrected chi connectivity index (χ1v) is 13.1. The number of unbranched alkanes of at least 4 members (excludes halogenated alkanes) is 18. The molecule has 0 aliphatic heterocycles. The number of hydrogen-bond donors (Lipinski definition) is 0. The van der Waals surface area contributed by atoms with Gasteiger partial charge in [-0.05, 0) is 12.8 Å². The van der Waals surface area contributed by atoms with Crippen molar-refractivity contribution in [3.05, 3.63) is 0 Å². The summed E-state index contributed by atoms with van der Waals surface area (Å²) < 4.78 is 0. The van der Waals surface area contributed by atoms with Crippen LogP contribution in [-0.4, -0.2) is 0 Å². The smallest absolute Gasteiger partial charge is 0.0358 e. The maximum Gasteiger partial charge on any atom is 0.0358 e. The second-order valence-electron chi connectivity index (χ2n) is 7.89. The molecule has 156 valence electrons. The Bertz CT molecular complexity index is 352. The summed E-state index contributed by atoms with van der Waals surface area (Å²) in [7, 11) is 0.534. The zero-order chi connectivity index (χ0) is 19.7. The van der Waals surface area contributed by atoms with Crippen LogP contribution >= 0.6 is 8.58 Å². The van der Waals surface area contributed by atoms with Crippen molar-refractivity contribution in [3.63, 3.8) is 0 Å². The Balaban J connectivity index is 3.21. The van der Waals surface area contributed by atoms with Crippen LogP contribution in [-0.2, 0) is 0 Å². The summed E-state index contributed by atoms with van der Waals surface area (Å²) in [6.07, 6.45) is 27.2. The largest absolute Gasteiger partial charge is 0.0979 e. The van der Waals surface area contributed by atoms with E-state index in [-0.39, 0.29) is 0 Å². The lowest BCUT2D eigenvalue weighted by molar-refractivity contribution is 0.567. The molecule has 0 heterocycles. The quantitative estimate of drug-likeness (QED) is 0.124. The first kappa shape index (κ1) is 26.6. The molecule has 0 bridgehead atoms. The molecule has 0 unspecified atom stereocenters. The van der Waals surface area contributed by atoms with Crippen LogP contribution in [0.15, 0.2) is 0 Å². The molecule has 0 amide bonds. The fourth-order valence-corrected chi connectivity index (χ4v) is 3.78. The van der Waals surface area contributed by atoms with E-state index in [1.165, 1.54) is 116 Å². The minimum absolute atomic E-state index is 0.534. The Kier molecular flexibility index (Phi) is 25.1. The van der Waals surface area contributed by atoms with Gasteiger partial charge in [-0.1, -0.05) is 140 Å². The average molecular weight is 391 g/mol. The van der Waals surface area contributed by atoms with Crippen molar-refractivity contribution in [2.24, 2.45) is 0 Å². The molecule has 1 heteroatoms. The molecule has 0 spiro atoms. The van der Waals surface area contributed by atoms with E-state index in [1.54, 1.807) is 0 Å². The highest BCUT2D eigenvalue weighted by atomic mass is 31.1. The van der Waals surface area contributed by atoms with Crippen LogP contribution in [0.25, 0.3) is 0 Å². The molecule has 0 radical (unpaired) electrons. The van der Waals surface area contributed by atoms with Gasteiger partial charge in [0.2, 0.25) is 0 Å². The van der Waals surface area contributed by atoms with Crippen LogP contribution in [0.1, 0.15) is 142 Å². The van der Waals surface area contributed by atoms with E-state index in [4.69, 9.17) is 0 Å². The Morgan fingerprint density at radius 3 is 1.04 bits per heavy atom. The molecular formula is C26H47P. The van der Waals surface area contributed by atoms with Gasteiger partial charge < -0.3 is 0 Å². The fourth-order valence-electron chi connectivity index (χ4n) is 3.29. The summed E-state index contributed by atoms with van der Waals surface area (Å²) in [5.41, 5.74) is 6.50. The van der Waals surface area contributed by atoms with Crippen molar-refractivity contribution < 1.29 is 0 Å². The van der Waals surface area contributed by atoms with Gasteiger partial charge >= 0.3 is 0 Å². The van der Waals surface area contributed by atoms with Gasteiger partial charge in [-0.25, -0.2) is 0 Å². The monoisotopic (exact) mass is 390 g/mol. The molecular weight excluding hydrogens is 343 g/mol. The third-order valence-corrected chi connectivity index (χ3v) is 5.72. The highest BCUT2D eigenvalue weighted by Crippen LogP contribution is 2.12. The summed E-state index contributed by atoms with van der Waals surface area (Å²) >= 11 is 0. The molecule has 0 aliphatic carbocycles. The van der Waals surface area contributed by atoms with E-state index in [0.29, 0.717) is 8.58 Å². The standard InChI is InChI=1S/C26H47P/c1-3-5-7-9-11-13-15-17-19-21-23-25-27-26-24-22-20-18-16-14-12-10-8-6-4-2/h27H,3-22H2,1-2H3. The van der Waals surface area contributed by atoms with Crippen LogP contribution in [0.5, 0.6) is 0 Å². The highest BCUT2D eigenvalue weighted by molar-refractivity contribution is 7.49. The van der Waals surface area contributed by atoms with E-state index in [0.717, 1.165) is 12.8 Å². The van der Waals surface area contributed by atoms with Crippen molar-refractivity contribution in [2.75, 3.05) is 0 Å². The van der Waals surface area contributed by atoms with Gasteiger partial charge in [-0.3, -0.25) is 0 Å². The van der Waals surface area contributed by atoms with Crippen LogP contribution in [0.3, 0.4) is 0 Å². The first-order chi connectivity index (χ1) is 13.4. The molecule has 0 aliphatic rings. The lowest BCUT2D eigenvalue weighted by Crippen LogP contribution is -1.80. The Morgan fingerprint density at radius 2 is 0.704 bits per heavy atom. The lowest BCUT2D eigenvalue weighted by atomic mass is 10.1. The fraction of sp³-hybridized carbons (Fsp3) is 0.846. The highest BCUT2D eigenvalue weighted by Gasteiger charge is 1.92. The molecule has 27 heavy (non-hydrogen) atoms. The van der Waals surface area contributed by atoms with Crippen LogP contribution in [0, 0.1) is 23.2 Å². The molecule has 0 aromatic carbocycles. The minimum atomic E-state index is 0.534. The maximum absolute atomic E-state index is 3.30. The van der Waals surface area contributed by atoms with Gasteiger partial charge in [0.05, 0.1) is 0 Å². The normalized spacial score (nSPS) is 10.1. The first-order valence-electron chi connectivity index (χ1n) is 12.1. The molecule has 0 N–H and O–H groups in total. The second kappa shape index (κ2) is 25.6. The predicted molar refractivity (Wildman–Crippen MR) is 128 cm³/mol. The molecule has 0 nitrogen and oxygen atoms in total. The molecule has 0 fully saturated rings. The third kappa shape index (κ3) is 25.5. The van der Waals surface area contributed by atoms with Crippen molar-refractivity contribution in [3.8, 4) is 23.2 Å². The van der Waals surface area contributed by atoms with E-state index in [1.807, 2.05) is 0 Å².